The third-order valence-corrected chi connectivity index (χ3v) is 6.16. The number of H-pyrrole nitrogens is 1. The molecule has 2 aromatic rings. The van der Waals surface area contributed by atoms with E-state index < -0.39 is 12.1 Å². The standard InChI is InChI=1S/C24H33ClN4O3/c1-15(2)5-4-6-16(3)27-22(30)10-9-21-23(31)29(24(32)28-21)12-11-17-14-26-20-8-7-18(25)13-19(17)20/h7-8,13-16,21,26H,4-6,9-12H2,1-3H3,(H,27,30)(H,28,32)/t16-,21+/m0/s1. The van der Waals surface area contributed by atoms with Gasteiger partial charge in [0.05, 0.1) is 0 Å². The number of hydrogen-bond donors (Lipinski definition) is 3. The number of fused-ring (bicyclic) bond motifs is 1. The zero-order valence-electron chi connectivity index (χ0n) is 19.0. The number of amides is 4. The summed E-state index contributed by atoms with van der Waals surface area (Å²) < 4.78 is 0. The van der Waals surface area contributed by atoms with Crippen LogP contribution < -0.4 is 10.6 Å². The van der Waals surface area contributed by atoms with Crippen LogP contribution in [0.5, 0.6) is 0 Å². The Morgan fingerprint density at radius 1 is 1.22 bits per heavy atom. The lowest BCUT2D eigenvalue weighted by molar-refractivity contribution is -0.127. The molecule has 0 spiro atoms. The molecule has 0 aliphatic carbocycles. The zero-order chi connectivity index (χ0) is 23.3. The van der Waals surface area contributed by atoms with Gasteiger partial charge in [-0.15, -0.1) is 0 Å². The summed E-state index contributed by atoms with van der Waals surface area (Å²) in [5, 5.41) is 7.33. The van der Waals surface area contributed by atoms with Gasteiger partial charge in [0.1, 0.15) is 6.04 Å². The maximum absolute atomic E-state index is 12.7. The van der Waals surface area contributed by atoms with E-state index in [2.05, 4.69) is 29.5 Å². The van der Waals surface area contributed by atoms with E-state index in [1.807, 2.05) is 31.3 Å². The molecule has 0 bridgehead atoms. The Morgan fingerprint density at radius 3 is 2.75 bits per heavy atom. The molecule has 1 saturated heterocycles. The molecule has 174 valence electrons. The highest BCUT2D eigenvalue weighted by Crippen LogP contribution is 2.23. The summed E-state index contributed by atoms with van der Waals surface area (Å²) in [6.45, 7) is 6.66. The van der Waals surface area contributed by atoms with E-state index in [0.717, 1.165) is 35.7 Å². The number of rotatable bonds is 11. The molecule has 1 aliphatic rings. The van der Waals surface area contributed by atoms with Crippen LogP contribution in [0.3, 0.4) is 0 Å². The molecule has 1 aromatic heterocycles. The zero-order valence-corrected chi connectivity index (χ0v) is 19.8. The van der Waals surface area contributed by atoms with E-state index in [0.29, 0.717) is 23.8 Å². The van der Waals surface area contributed by atoms with Crippen molar-refractivity contribution in [3.8, 4) is 0 Å². The van der Waals surface area contributed by atoms with Crippen molar-refractivity contribution in [2.45, 2.75) is 71.4 Å². The van der Waals surface area contributed by atoms with Gasteiger partial charge in [-0.05, 0) is 55.9 Å². The molecule has 32 heavy (non-hydrogen) atoms. The quantitative estimate of drug-likeness (QED) is 0.434. The second kappa shape index (κ2) is 10.9. The van der Waals surface area contributed by atoms with Crippen LogP contribution in [0.15, 0.2) is 24.4 Å². The number of nitrogens with one attached hydrogen (secondary N) is 3. The van der Waals surface area contributed by atoms with E-state index in [1.54, 1.807) is 0 Å². The maximum atomic E-state index is 12.7. The van der Waals surface area contributed by atoms with Crippen molar-refractivity contribution in [2.75, 3.05) is 6.54 Å². The summed E-state index contributed by atoms with van der Waals surface area (Å²) in [5.74, 6) is 0.301. The van der Waals surface area contributed by atoms with Crippen molar-refractivity contribution >= 4 is 40.3 Å². The second-order valence-electron chi connectivity index (χ2n) is 9.08. The first-order valence-electron chi connectivity index (χ1n) is 11.4. The summed E-state index contributed by atoms with van der Waals surface area (Å²) in [6.07, 6.45) is 6.08. The molecule has 1 aliphatic heterocycles. The molecule has 4 amide bonds. The SMILES string of the molecule is CC(C)CCC[C@H](C)NC(=O)CC[C@H]1NC(=O)N(CCc2c[nH]c3ccc(Cl)cc23)C1=O. The van der Waals surface area contributed by atoms with Crippen LogP contribution in [0, 0.1) is 5.92 Å². The number of imide groups is 1. The monoisotopic (exact) mass is 460 g/mol. The number of hydrogen-bond acceptors (Lipinski definition) is 3. The van der Waals surface area contributed by atoms with Crippen molar-refractivity contribution in [3.05, 3.63) is 35.0 Å². The Labute approximate surface area is 194 Å². The smallest absolute Gasteiger partial charge is 0.324 e. The number of benzene rings is 1. The molecule has 1 aromatic carbocycles. The van der Waals surface area contributed by atoms with Gasteiger partial charge in [0, 0.05) is 41.1 Å². The lowest BCUT2D eigenvalue weighted by atomic mass is 10.0. The highest BCUT2D eigenvalue weighted by molar-refractivity contribution is 6.31. The van der Waals surface area contributed by atoms with Crippen molar-refractivity contribution in [2.24, 2.45) is 5.92 Å². The Kier molecular flexibility index (Phi) is 8.18. The van der Waals surface area contributed by atoms with Crippen molar-refractivity contribution in [1.82, 2.24) is 20.5 Å². The first-order valence-corrected chi connectivity index (χ1v) is 11.8. The number of urea groups is 1. The van der Waals surface area contributed by atoms with E-state index >= 15 is 0 Å². The molecule has 0 radical (unpaired) electrons. The van der Waals surface area contributed by atoms with Gasteiger partial charge in [0.25, 0.3) is 5.91 Å². The Balaban J connectivity index is 1.46. The van der Waals surface area contributed by atoms with Crippen LogP contribution in [0.2, 0.25) is 5.02 Å². The molecule has 2 atom stereocenters. The van der Waals surface area contributed by atoms with Crippen LogP contribution in [0.1, 0.15) is 58.4 Å². The summed E-state index contributed by atoms with van der Waals surface area (Å²) in [5.41, 5.74) is 1.96. The molecule has 3 N–H and O–H groups in total. The third kappa shape index (κ3) is 6.25. The lowest BCUT2D eigenvalue weighted by Crippen LogP contribution is -2.35. The lowest BCUT2D eigenvalue weighted by Gasteiger charge is -2.15. The van der Waals surface area contributed by atoms with Gasteiger partial charge in [-0.2, -0.15) is 0 Å². The van der Waals surface area contributed by atoms with Gasteiger partial charge < -0.3 is 15.6 Å². The number of aromatic nitrogens is 1. The van der Waals surface area contributed by atoms with Crippen LogP contribution >= 0.6 is 11.6 Å². The average molecular weight is 461 g/mol. The van der Waals surface area contributed by atoms with Crippen LogP contribution in [-0.2, 0) is 16.0 Å². The number of carbonyl (C=O) groups excluding carboxylic acids is 3. The summed E-state index contributed by atoms with van der Waals surface area (Å²) in [7, 11) is 0. The van der Waals surface area contributed by atoms with E-state index in [1.165, 1.54) is 4.90 Å². The molecule has 2 heterocycles. The number of nitrogens with zero attached hydrogens (tertiary/aromatic N) is 1. The Morgan fingerprint density at radius 2 is 2.00 bits per heavy atom. The first-order chi connectivity index (χ1) is 15.2. The molecule has 8 heteroatoms. The average Bonchev–Trinajstić information content (AvgIpc) is 3.24. The van der Waals surface area contributed by atoms with Crippen LogP contribution in [-0.4, -0.2) is 46.4 Å². The summed E-state index contributed by atoms with van der Waals surface area (Å²) in [6, 6.07) is 4.65. The topological polar surface area (TPSA) is 94.3 Å². The minimum absolute atomic E-state index is 0.0850. The highest BCUT2D eigenvalue weighted by atomic mass is 35.5. The van der Waals surface area contributed by atoms with Gasteiger partial charge in [-0.1, -0.05) is 38.3 Å². The fourth-order valence-electron chi connectivity index (χ4n) is 4.10. The maximum Gasteiger partial charge on any atom is 0.324 e. The van der Waals surface area contributed by atoms with Gasteiger partial charge >= 0.3 is 6.03 Å². The fourth-order valence-corrected chi connectivity index (χ4v) is 4.27. The number of carbonyl (C=O) groups is 3. The van der Waals surface area contributed by atoms with Crippen LogP contribution in [0.4, 0.5) is 4.79 Å². The Bertz CT molecular complexity index is 971. The van der Waals surface area contributed by atoms with Gasteiger partial charge in [-0.25, -0.2) is 4.79 Å². The second-order valence-corrected chi connectivity index (χ2v) is 9.51. The van der Waals surface area contributed by atoms with E-state index in [-0.39, 0.29) is 30.8 Å². The first kappa shape index (κ1) is 24.1. The number of aromatic amines is 1. The normalized spacial score (nSPS) is 17.3. The van der Waals surface area contributed by atoms with E-state index in [4.69, 9.17) is 11.6 Å². The van der Waals surface area contributed by atoms with Gasteiger partial charge in [0.2, 0.25) is 5.91 Å². The molecule has 7 nitrogen and oxygen atoms in total. The summed E-state index contributed by atoms with van der Waals surface area (Å²) >= 11 is 6.09. The molecule has 3 rings (SSSR count). The highest BCUT2D eigenvalue weighted by Gasteiger charge is 2.37. The molecule has 1 fully saturated rings. The van der Waals surface area contributed by atoms with Crippen molar-refractivity contribution in [1.29, 1.82) is 0 Å². The minimum Gasteiger partial charge on any atom is -0.361 e. The van der Waals surface area contributed by atoms with Crippen molar-refractivity contribution < 1.29 is 14.4 Å². The van der Waals surface area contributed by atoms with E-state index in [9.17, 15) is 14.4 Å². The molecular weight excluding hydrogens is 428 g/mol. The predicted molar refractivity (Wildman–Crippen MR) is 127 cm³/mol. The molecule has 0 saturated carbocycles. The predicted octanol–water partition coefficient (Wildman–Crippen LogP) is 4.40. The van der Waals surface area contributed by atoms with Gasteiger partial charge in [-0.3, -0.25) is 14.5 Å². The van der Waals surface area contributed by atoms with Gasteiger partial charge in [0.15, 0.2) is 0 Å². The van der Waals surface area contributed by atoms with Crippen molar-refractivity contribution in [3.63, 3.8) is 0 Å². The number of halogens is 1. The Hall–Kier alpha value is -2.54. The molecule has 0 unspecified atom stereocenters. The summed E-state index contributed by atoms with van der Waals surface area (Å²) in [4.78, 5) is 41.7. The third-order valence-electron chi connectivity index (χ3n) is 5.93. The molecular formula is C24H33ClN4O3. The fraction of sp³-hybridized carbons (Fsp3) is 0.542. The largest absolute Gasteiger partial charge is 0.361 e. The van der Waals surface area contributed by atoms with Crippen LogP contribution in [0.25, 0.3) is 10.9 Å². The minimum atomic E-state index is -0.651.